The zero-order valence-electron chi connectivity index (χ0n) is 14.3. The molecule has 7 heteroatoms. The van der Waals surface area contributed by atoms with Crippen LogP contribution in [0.2, 0.25) is 0 Å². The van der Waals surface area contributed by atoms with Crippen molar-refractivity contribution in [2.45, 2.75) is 19.2 Å². The standard InChI is InChI=1S/C19H17F2NO3S/c1-3-25-19(24)13-6-4-5-11(2)17(13)22-16(23)10-26-18(22)12-7-8-14(20)15(21)9-12/h4-9,18H,3,10H2,1-2H3. The van der Waals surface area contributed by atoms with E-state index in [4.69, 9.17) is 4.74 Å². The first kappa shape index (κ1) is 18.4. The number of rotatable bonds is 4. The van der Waals surface area contributed by atoms with Crippen molar-refractivity contribution < 1.29 is 23.1 Å². The van der Waals surface area contributed by atoms with Gasteiger partial charge in [-0.25, -0.2) is 13.6 Å². The van der Waals surface area contributed by atoms with Crippen molar-refractivity contribution >= 4 is 29.3 Å². The van der Waals surface area contributed by atoms with E-state index in [-0.39, 0.29) is 23.8 Å². The fraction of sp³-hybridized carbons (Fsp3) is 0.263. The lowest BCUT2D eigenvalue weighted by atomic mass is 10.1. The number of hydrogen-bond donors (Lipinski definition) is 0. The Kier molecular flexibility index (Phi) is 5.27. The molecular weight excluding hydrogens is 360 g/mol. The Hall–Kier alpha value is -2.41. The normalized spacial score (nSPS) is 16.8. The summed E-state index contributed by atoms with van der Waals surface area (Å²) in [6, 6.07) is 8.67. The lowest BCUT2D eigenvalue weighted by molar-refractivity contribution is -0.115. The summed E-state index contributed by atoms with van der Waals surface area (Å²) in [5, 5.41) is -0.549. The molecule has 1 saturated heterocycles. The van der Waals surface area contributed by atoms with Crippen molar-refractivity contribution in [2.75, 3.05) is 17.3 Å². The molecule has 1 atom stereocenters. The van der Waals surface area contributed by atoms with E-state index >= 15 is 0 Å². The highest BCUT2D eigenvalue weighted by Crippen LogP contribution is 2.44. The monoisotopic (exact) mass is 377 g/mol. The largest absolute Gasteiger partial charge is 0.462 e. The minimum Gasteiger partial charge on any atom is -0.462 e. The van der Waals surface area contributed by atoms with Gasteiger partial charge in [0.2, 0.25) is 5.91 Å². The number of benzene rings is 2. The minimum atomic E-state index is -0.974. The van der Waals surface area contributed by atoms with Crippen LogP contribution in [0.25, 0.3) is 0 Å². The summed E-state index contributed by atoms with van der Waals surface area (Å²) >= 11 is 1.30. The molecule has 0 aromatic heterocycles. The molecule has 2 aromatic carbocycles. The molecule has 2 aromatic rings. The van der Waals surface area contributed by atoms with Gasteiger partial charge in [0, 0.05) is 0 Å². The van der Waals surface area contributed by atoms with E-state index in [9.17, 15) is 18.4 Å². The third-order valence-electron chi connectivity index (χ3n) is 4.07. The van der Waals surface area contributed by atoms with Crippen molar-refractivity contribution in [3.8, 4) is 0 Å². The molecule has 1 unspecified atom stereocenters. The van der Waals surface area contributed by atoms with Gasteiger partial charge in [-0.05, 0) is 43.2 Å². The number of aryl methyl sites for hydroxylation is 1. The van der Waals surface area contributed by atoms with Crippen molar-refractivity contribution in [1.29, 1.82) is 0 Å². The number of carbonyl (C=O) groups is 2. The molecule has 1 fully saturated rings. The first-order chi connectivity index (χ1) is 12.4. The molecule has 1 aliphatic heterocycles. The van der Waals surface area contributed by atoms with Crippen molar-refractivity contribution in [3.05, 3.63) is 64.7 Å². The number of anilines is 1. The van der Waals surface area contributed by atoms with Crippen molar-refractivity contribution in [2.24, 2.45) is 0 Å². The highest BCUT2D eigenvalue weighted by Gasteiger charge is 2.37. The Morgan fingerprint density at radius 3 is 2.73 bits per heavy atom. The predicted octanol–water partition coefficient (Wildman–Crippen LogP) is 4.23. The maximum absolute atomic E-state index is 13.7. The van der Waals surface area contributed by atoms with Crippen LogP contribution in [0.4, 0.5) is 14.5 Å². The summed E-state index contributed by atoms with van der Waals surface area (Å²) in [4.78, 5) is 26.4. The molecule has 1 amide bonds. The van der Waals surface area contributed by atoms with Gasteiger partial charge >= 0.3 is 5.97 Å². The SMILES string of the molecule is CCOC(=O)c1cccc(C)c1N1C(=O)CSC1c1ccc(F)c(F)c1. The van der Waals surface area contributed by atoms with Crippen molar-refractivity contribution in [3.63, 3.8) is 0 Å². The molecule has 0 bridgehead atoms. The zero-order chi connectivity index (χ0) is 18.8. The molecule has 4 nitrogen and oxygen atoms in total. The molecule has 3 rings (SSSR count). The second kappa shape index (κ2) is 7.45. The van der Waals surface area contributed by atoms with Crippen LogP contribution in [-0.2, 0) is 9.53 Å². The van der Waals surface area contributed by atoms with E-state index < -0.39 is 23.0 Å². The molecule has 26 heavy (non-hydrogen) atoms. The van der Waals surface area contributed by atoms with Gasteiger partial charge in [-0.15, -0.1) is 11.8 Å². The van der Waals surface area contributed by atoms with Crippen LogP contribution in [0.15, 0.2) is 36.4 Å². The maximum Gasteiger partial charge on any atom is 0.340 e. The minimum absolute atomic E-state index is 0.181. The Balaban J connectivity index is 2.10. The fourth-order valence-electron chi connectivity index (χ4n) is 2.93. The first-order valence-corrected chi connectivity index (χ1v) is 9.14. The molecule has 0 saturated carbocycles. The summed E-state index contributed by atoms with van der Waals surface area (Å²) in [5.41, 5.74) is 1.89. The molecule has 1 aliphatic rings. The van der Waals surface area contributed by atoms with E-state index in [2.05, 4.69) is 0 Å². The molecule has 0 N–H and O–H groups in total. The molecule has 136 valence electrons. The van der Waals surface area contributed by atoms with E-state index in [1.165, 1.54) is 22.7 Å². The number of hydrogen-bond acceptors (Lipinski definition) is 4. The summed E-state index contributed by atoms with van der Waals surface area (Å²) in [7, 11) is 0. The van der Waals surface area contributed by atoms with Gasteiger partial charge in [0.05, 0.1) is 23.6 Å². The second-order valence-corrected chi connectivity index (χ2v) is 6.86. The van der Waals surface area contributed by atoms with Gasteiger partial charge in [0.1, 0.15) is 5.37 Å². The number of esters is 1. The van der Waals surface area contributed by atoms with Crippen LogP contribution >= 0.6 is 11.8 Å². The van der Waals surface area contributed by atoms with Crippen molar-refractivity contribution in [1.82, 2.24) is 0 Å². The van der Waals surface area contributed by atoms with Crippen LogP contribution in [0, 0.1) is 18.6 Å². The molecule has 0 spiro atoms. The lowest BCUT2D eigenvalue weighted by Crippen LogP contribution is -2.30. The van der Waals surface area contributed by atoms with Crippen LogP contribution in [0.5, 0.6) is 0 Å². The van der Waals surface area contributed by atoms with Gasteiger partial charge in [-0.1, -0.05) is 18.2 Å². The number of para-hydroxylation sites is 1. The first-order valence-electron chi connectivity index (χ1n) is 8.09. The van der Waals surface area contributed by atoms with Crippen LogP contribution in [-0.4, -0.2) is 24.2 Å². The number of amides is 1. The fourth-order valence-corrected chi connectivity index (χ4v) is 4.08. The molecule has 1 heterocycles. The molecular formula is C19H17F2NO3S. The highest BCUT2D eigenvalue weighted by molar-refractivity contribution is 8.00. The van der Waals surface area contributed by atoms with Gasteiger partial charge in [0.15, 0.2) is 11.6 Å². The van der Waals surface area contributed by atoms with E-state index in [1.807, 2.05) is 0 Å². The van der Waals surface area contributed by atoms with E-state index in [0.717, 1.165) is 17.7 Å². The van der Waals surface area contributed by atoms with E-state index in [1.54, 1.807) is 32.0 Å². The average Bonchev–Trinajstić information content (AvgIpc) is 2.98. The van der Waals surface area contributed by atoms with Crippen LogP contribution < -0.4 is 4.90 Å². The topological polar surface area (TPSA) is 46.6 Å². The Bertz CT molecular complexity index is 872. The number of halogens is 2. The number of nitrogens with zero attached hydrogens (tertiary/aromatic N) is 1. The van der Waals surface area contributed by atoms with Crippen LogP contribution in [0.3, 0.4) is 0 Å². The van der Waals surface area contributed by atoms with Gasteiger partial charge < -0.3 is 4.74 Å². The van der Waals surface area contributed by atoms with Crippen LogP contribution in [0.1, 0.15) is 33.8 Å². The average molecular weight is 377 g/mol. The number of ether oxygens (including phenoxy) is 1. The summed E-state index contributed by atoms with van der Waals surface area (Å²) in [6.45, 7) is 3.70. The Morgan fingerprint density at radius 1 is 1.27 bits per heavy atom. The summed E-state index contributed by atoms with van der Waals surface area (Å²) in [5.74, 6) is -2.47. The smallest absolute Gasteiger partial charge is 0.340 e. The number of thioether (sulfide) groups is 1. The predicted molar refractivity (Wildman–Crippen MR) is 96.2 cm³/mol. The lowest BCUT2D eigenvalue weighted by Gasteiger charge is -2.27. The third kappa shape index (κ3) is 3.31. The second-order valence-electron chi connectivity index (χ2n) is 5.79. The zero-order valence-corrected chi connectivity index (χ0v) is 15.1. The molecule has 0 radical (unpaired) electrons. The summed E-state index contributed by atoms with van der Waals surface area (Å²) in [6.07, 6.45) is 0. The third-order valence-corrected chi connectivity index (χ3v) is 5.28. The number of carbonyl (C=O) groups excluding carboxylic acids is 2. The quantitative estimate of drug-likeness (QED) is 0.748. The van der Waals surface area contributed by atoms with Gasteiger partial charge in [0.25, 0.3) is 0 Å². The Morgan fingerprint density at radius 2 is 2.04 bits per heavy atom. The maximum atomic E-state index is 13.7. The highest BCUT2D eigenvalue weighted by atomic mass is 32.2. The summed E-state index contributed by atoms with van der Waals surface area (Å²) < 4.78 is 32.1. The molecule has 0 aliphatic carbocycles. The van der Waals surface area contributed by atoms with Gasteiger partial charge in [-0.3, -0.25) is 9.69 Å². The Labute approximate surface area is 154 Å². The van der Waals surface area contributed by atoms with E-state index in [0.29, 0.717) is 11.3 Å². The van der Waals surface area contributed by atoms with Gasteiger partial charge in [-0.2, -0.15) is 0 Å².